The standard InChI is InChI=1S/C2H3NO.2H3O3P/c3-1-2-4;2*1-4(2)3/h4H,2H2;2*4H,(H2,1,2,3). The van der Waals surface area contributed by atoms with E-state index < -0.39 is 16.5 Å². The number of hydrogen-bond donors (Lipinski definition) is 5. The summed E-state index contributed by atoms with van der Waals surface area (Å²) in [5.74, 6) is 0. The Morgan fingerprint density at radius 1 is 1.08 bits per heavy atom. The van der Waals surface area contributed by atoms with E-state index >= 15 is 0 Å². The van der Waals surface area contributed by atoms with Crippen molar-refractivity contribution in [2.45, 2.75) is 0 Å². The van der Waals surface area contributed by atoms with Crippen LogP contribution in [0, 0.1) is 11.3 Å². The molecule has 74 valence electrons. The van der Waals surface area contributed by atoms with Crippen molar-refractivity contribution in [1.82, 2.24) is 0 Å². The minimum Gasteiger partial charge on any atom is -0.381 e. The molecule has 0 aliphatic rings. The maximum atomic E-state index is 8.74. The van der Waals surface area contributed by atoms with Crippen molar-refractivity contribution in [1.29, 1.82) is 5.26 Å². The lowest BCUT2D eigenvalue weighted by atomic mass is 10.9. The summed E-state index contributed by atoms with van der Waals surface area (Å²) < 4.78 is 17.5. The molecule has 0 radical (unpaired) electrons. The third kappa shape index (κ3) is 1330. The SMILES string of the molecule is N#CCO.O=[PH](O)O.O=[PH](O)O. The van der Waals surface area contributed by atoms with Crippen LogP contribution in [-0.4, -0.2) is 31.3 Å². The molecule has 0 amide bonds. The Morgan fingerprint density at radius 3 is 1.17 bits per heavy atom. The Kier molecular flexibility index (Phi) is 25.1. The predicted octanol–water partition coefficient (Wildman–Crippen LogP) is -1.78. The summed E-state index contributed by atoms with van der Waals surface area (Å²) in [6.45, 7) is -0.375. The van der Waals surface area contributed by atoms with Crippen molar-refractivity contribution in [3.05, 3.63) is 0 Å². The van der Waals surface area contributed by atoms with Crippen LogP contribution >= 0.6 is 16.5 Å². The van der Waals surface area contributed by atoms with Gasteiger partial charge in [0.2, 0.25) is 0 Å². The minimum atomic E-state index is -3.13. The van der Waals surface area contributed by atoms with Crippen LogP contribution in [0.15, 0.2) is 0 Å². The molecule has 0 heterocycles. The average Bonchev–Trinajstić information content (AvgIpc) is 1.85. The molecule has 0 spiro atoms. The van der Waals surface area contributed by atoms with Crippen molar-refractivity contribution in [2.24, 2.45) is 0 Å². The fourth-order valence-corrected chi connectivity index (χ4v) is 0. The van der Waals surface area contributed by atoms with Gasteiger partial charge in [0, 0.05) is 0 Å². The normalized spacial score (nSPS) is 7.50. The second kappa shape index (κ2) is 17.0. The lowest BCUT2D eigenvalue weighted by Gasteiger charge is -1.61. The first kappa shape index (κ1) is 17.7. The highest BCUT2D eigenvalue weighted by atomic mass is 31.1. The van der Waals surface area contributed by atoms with E-state index in [9.17, 15) is 0 Å². The van der Waals surface area contributed by atoms with Gasteiger partial charge in [-0.2, -0.15) is 5.26 Å². The second-order valence-corrected chi connectivity index (χ2v) is 2.01. The van der Waals surface area contributed by atoms with Gasteiger partial charge in [-0.1, -0.05) is 0 Å². The molecule has 0 bridgehead atoms. The van der Waals surface area contributed by atoms with Crippen molar-refractivity contribution >= 4 is 16.5 Å². The monoisotopic (exact) mass is 221 g/mol. The molecule has 12 heavy (non-hydrogen) atoms. The lowest BCUT2D eigenvalue weighted by molar-refractivity contribution is 0.348. The fourth-order valence-electron chi connectivity index (χ4n) is 0. The summed E-state index contributed by atoms with van der Waals surface area (Å²) in [7, 11) is -6.26. The molecule has 5 N–H and O–H groups in total. The molecular formula is C2H9NO7P2. The molecule has 0 rings (SSSR count). The topological polar surface area (TPSA) is 159 Å². The molecule has 8 nitrogen and oxygen atoms in total. The summed E-state index contributed by atoms with van der Waals surface area (Å²) in [5, 5.41) is 14.9. The van der Waals surface area contributed by atoms with Gasteiger partial charge in [0.25, 0.3) is 0 Å². The molecule has 0 aromatic rings. The van der Waals surface area contributed by atoms with Gasteiger partial charge in [-0.15, -0.1) is 0 Å². The Labute approximate surface area is 69.2 Å². The molecule has 0 saturated carbocycles. The van der Waals surface area contributed by atoms with Gasteiger partial charge in [-0.3, -0.25) is 9.13 Å². The van der Waals surface area contributed by atoms with Crippen molar-refractivity contribution in [3.63, 3.8) is 0 Å². The Bertz CT molecular complexity index is 143. The van der Waals surface area contributed by atoms with Crippen LogP contribution in [-0.2, 0) is 9.13 Å². The number of nitrogens with zero attached hydrogens (tertiary/aromatic N) is 1. The molecule has 0 fully saturated rings. The second-order valence-electron chi connectivity index (χ2n) is 0.881. The maximum absolute atomic E-state index is 8.74. The molecular weight excluding hydrogens is 212 g/mol. The van der Waals surface area contributed by atoms with Crippen LogP contribution in [0.3, 0.4) is 0 Å². The van der Waals surface area contributed by atoms with E-state index in [1.165, 1.54) is 6.07 Å². The van der Waals surface area contributed by atoms with Gasteiger partial charge in [-0.05, 0) is 0 Å². The van der Waals surface area contributed by atoms with Crippen molar-refractivity contribution < 1.29 is 33.8 Å². The Balaban J connectivity index is -0.000000101. The average molecular weight is 221 g/mol. The lowest BCUT2D eigenvalue weighted by Crippen LogP contribution is -1.64. The number of rotatable bonds is 0. The van der Waals surface area contributed by atoms with Gasteiger partial charge < -0.3 is 24.7 Å². The third-order valence-electron chi connectivity index (χ3n) is 0.0707. The van der Waals surface area contributed by atoms with Crippen LogP contribution in [0.1, 0.15) is 0 Å². The van der Waals surface area contributed by atoms with Crippen molar-refractivity contribution in [3.8, 4) is 6.07 Å². The van der Waals surface area contributed by atoms with Gasteiger partial charge in [-0.25, -0.2) is 0 Å². The Morgan fingerprint density at radius 2 is 1.17 bits per heavy atom. The van der Waals surface area contributed by atoms with Gasteiger partial charge in [0.1, 0.15) is 6.61 Å². The van der Waals surface area contributed by atoms with Gasteiger partial charge in [0.05, 0.1) is 6.07 Å². The molecule has 0 atom stereocenters. The third-order valence-corrected chi connectivity index (χ3v) is 0.0707. The summed E-state index contributed by atoms with van der Waals surface area (Å²) in [4.78, 5) is 28.6. The molecule has 0 saturated heterocycles. The van der Waals surface area contributed by atoms with E-state index in [1.807, 2.05) is 0 Å². The number of hydrogen-bond acceptors (Lipinski definition) is 4. The van der Waals surface area contributed by atoms with Crippen LogP contribution in [0.25, 0.3) is 0 Å². The van der Waals surface area contributed by atoms with E-state index in [0.717, 1.165) is 0 Å². The highest BCUT2D eigenvalue weighted by Crippen LogP contribution is 1.98. The van der Waals surface area contributed by atoms with Gasteiger partial charge in [0.15, 0.2) is 0 Å². The van der Waals surface area contributed by atoms with E-state index in [1.54, 1.807) is 0 Å². The number of aliphatic hydroxyl groups is 1. The highest BCUT2D eigenvalue weighted by molar-refractivity contribution is 7.31. The number of nitriles is 1. The van der Waals surface area contributed by atoms with E-state index in [4.69, 9.17) is 39.1 Å². The zero-order chi connectivity index (χ0) is 10.6. The first-order valence-electron chi connectivity index (χ1n) is 2.20. The molecule has 0 aromatic carbocycles. The smallest absolute Gasteiger partial charge is 0.314 e. The van der Waals surface area contributed by atoms with Crippen LogP contribution in [0.2, 0.25) is 0 Å². The zero-order valence-corrected chi connectivity index (χ0v) is 7.71. The van der Waals surface area contributed by atoms with Crippen LogP contribution < -0.4 is 0 Å². The first-order chi connectivity index (χ1) is 5.38. The Hall–Kier alpha value is -0.250. The summed E-state index contributed by atoms with van der Waals surface area (Å²) in [6.07, 6.45) is 0. The number of aliphatic hydroxyl groups excluding tert-OH is 1. The molecule has 0 unspecified atom stereocenters. The molecule has 0 aromatic heterocycles. The minimum absolute atomic E-state index is 0.375. The maximum Gasteiger partial charge on any atom is 0.314 e. The summed E-state index contributed by atoms with van der Waals surface area (Å²) >= 11 is 0. The van der Waals surface area contributed by atoms with E-state index in [-0.39, 0.29) is 6.61 Å². The van der Waals surface area contributed by atoms with E-state index in [0.29, 0.717) is 0 Å². The van der Waals surface area contributed by atoms with Gasteiger partial charge >= 0.3 is 16.5 Å². The predicted molar refractivity (Wildman–Crippen MR) is 39.6 cm³/mol. The van der Waals surface area contributed by atoms with Crippen LogP contribution in [0.5, 0.6) is 0 Å². The van der Waals surface area contributed by atoms with E-state index in [2.05, 4.69) is 0 Å². The molecule has 0 aliphatic heterocycles. The van der Waals surface area contributed by atoms with Crippen LogP contribution in [0.4, 0.5) is 0 Å². The largest absolute Gasteiger partial charge is 0.381 e. The highest BCUT2D eigenvalue weighted by Gasteiger charge is 1.62. The molecule has 10 heteroatoms. The summed E-state index contributed by atoms with van der Waals surface area (Å²) in [6, 6.07) is 1.49. The summed E-state index contributed by atoms with van der Waals surface area (Å²) in [5.41, 5.74) is 0. The zero-order valence-electron chi connectivity index (χ0n) is 5.71. The quantitative estimate of drug-likeness (QED) is 0.237. The van der Waals surface area contributed by atoms with Crippen molar-refractivity contribution in [2.75, 3.05) is 6.61 Å². The molecule has 0 aliphatic carbocycles. The first-order valence-corrected chi connectivity index (χ1v) is 4.80. The fraction of sp³-hybridized carbons (Fsp3) is 0.500.